The molecular weight excluding hydrogens is 394 g/mol. The molecule has 0 saturated carbocycles. The number of benzene rings is 1. The summed E-state index contributed by atoms with van der Waals surface area (Å²) in [7, 11) is 0. The minimum absolute atomic E-state index is 0.435. The van der Waals surface area contributed by atoms with Gasteiger partial charge in [-0.1, -0.05) is 6.07 Å². The van der Waals surface area contributed by atoms with Crippen LogP contribution in [-0.4, -0.2) is 21.5 Å². The van der Waals surface area contributed by atoms with Crippen molar-refractivity contribution in [1.82, 2.24) is 20.3 Å². The topological polar surface area (TPSA) is 86.0 Å². The molecule has 128 valence electrons. The number of fused-ring (bicyclic) bond motifs is 4. The average molecular weight is 408 g/mol. The molecule has 0 radical (unpaired) electrons. The van der Waals surface area contributed by atoms with Gasteiger partial charge in [0.05, 0.1) is 11.2 Å². The molecule has 2 aromatic heterocycles. The third-order valence-electron chi connectivity index (χ3n) is 4.83. The zero-order valence-electron chi connectivity index (χ0n) is 13.6. The Kier molecular flexibility index (Phi) is 3.27. The normalized spacial score (nSPS) is 20.0. The van der Waals surface area contributed by atoms with Crippen LogP contribution in [0.3, 0.4) is 0 Å². The predicted octanol–water partition coefficient (Wildman–Crippen LogP) is 3.10. The summed E-state index contributed by atoms with van der Waals surface area (Å²) < 4.78 is 6.98. The van der Waals surface area contributed by atoms with E-state index in [-0.39, 0.29) is 0 Å². The van der Waals surface area contributed by atoms with E-state index in [9.17, 15) is 0 Å². The lowest BCUT2D eigenvalue weighted by atomic mass is 9.73. The van der Waals surface area contributed by atoms with Crippen molar-refractivity contribution in [3.05, 3.63) is 76.7 Å². The molecule has 3 aromatic rings. The number of rotatable bonds is 1. The molecule has 0 amide bonds. The lowest BCUT2D eigenvalue weighted by Gasteiger charge is -2.35. The van der Waals surface area contributed by atoms with Crippen molar-refractivity contribution in [2.45, 2.75) is 5.41 Å². The minimum atomic E-state index is -0.435. The van der Waals surface area contributed by atoms with Crippen LogP contribution in [0.15, 0.2) is 65.6 Å². The van der Waals surface area contributed by atoms with Gasteiger partial charge in [0.15, 0.2) is 0 Å². The Balaban J connectivity index is 1.76. The standard InChI is InChI=1S/C19H14BrN5O/c20-13-4-15-18(24-8-13)26-16-2-1-11(12-6-22-10-23-7-12)3-14(16)19(15)5-17(21)25-9-19/h1-8,10,25H,9,21H2/t19-/m0/s1. The molecule has 2 aliphatic heterocycles. The molecule has 0 saturated heterocycles. The highest BCUT2D eigenvalue weighted by atomic mass is 79.9. The molecule has 0 aliphatic carbocycles. The van der Waals surface area contributed by atoms with Gasteiger partial charge in [-0.25, -0.2) is 15.0 Å². The Hall–Kier alpha value is -2.93. The van der Waals surface area contributed by atoms with Crippen molar-refractivity contribution < 1.29 is 4.74 Å². The molecule has 26 heavy (non-hydrogen) atoms. The van der Waals surface area contributed by atoms with Gasteiger partial charge in [0, 0.05) is 46.3 Å². The zero-order chi connectivity index (χ0) is 17.7. The second kappa shape index (κ2) is 5.54. The first-order chi connectivity index (χ1) is 12.7. The minimum Gasteiger partial charge on any atom is -0.438 e. The van der Waals surface area contributed by atoms with E-state index in [0.717, 1.165) is 32.5 Å². The van der Waals surface area contributed by atoms with Crippen molar-refractivity contribution in [2.75, 3.05) is 6.54 Å². The molecule has 7 heteroatoms. The first kappa shape index (κ1) is 15.3. The first-order valence-electron chi connectivity index (χ1n) is 8.12. The number of nitrogens with one attached hydrogen (secondary N) is 1. The molecule has 5 rings (SSSR count). The SMILES string of the molecule is NC1=C[C@]2(CN1)c1cc(-c3cncnc3)ccc1Oc1ncc(Br)cc12. The number of hydrogen-bond acceptors (Lipinski definition) is 6. The van der Waals surface area contributed by atoms with Crippen molar-refractivity contribution in [1.29, 1.82) is 0 Å². The average Bonchev–Trinajstić information content (AvgIpc) is 3.06. The monoisotopic (exact) mass is 407 g/mol. The number of aromatic nitrogens is 3. The van der Waals surface area contributed by atoms with Crippen molar-refractivity contribution in [3.63, 3.8) is 0 Å². The number of ether oxygens (including phenoxy) is 1. The second-order valence-electron chi connectivity index (χ2n) is 6.37. The van der Waals surface area contributed by atoms with E-state index < -0.39 is 5.41 Å². The largest absolute Gasteiger partial charge is 0.438 e. The van der Waals surface area contributed by atoms with Gasteiger partial charge in [-0.3, -0.25) is 0 Å². The molecule has 0 bridgehead atoms. The van der Waals surface area contributed by atoms with E-state index in [4.69, 9.17) is 10.5 Å². The van der Waals surface area contributed by atoms with E-state index in [1.807, 2.05) is 24.3 Å². The van der Waals surface area contributed by atoms with Gasteiger partial charge in [0.2, 0.25) is 5.88 Å². The van der Waals surface area contributed by atoms with Gasteiger partial charge in [-0.15, -0.1) is 0 Å². The van der Waals surface area contributed by atoms with Crippen molar-refractivity contribution in [2.24, 2.45) is 5.73 Å². The number of nitrogens with zero attached hydrogens (tertiary/aromatic N) is 3. The van der Waals surface area contributed by atoms with Crippen LogP contribution in [0.4, 0.5) is 0 Å². The van der Waals surface area contributed by atoms with E-state index in [1.165, 1.54) is 6.33 Å². The summed E-state index contributed by atoms with van der Waals surface area (Å²) in [5.41, 5.74) is 9.66. The highest BCUT2D eigenvalue weighted by molar-refractivity contribution is 9.10. The molecule has 0 fully saturated rings. The molecule has 6 nitrogen and oxygen atoms in total. The van der Waals surface area contributed by atoms with Crippen LogP contribution in [-0.2, 0) is 5.41 Å². The summed E-state index contributed by atoms with van der Waals surface area (Å²) in [6.45, 7) is 0.648. The Morgan fingerprint density at radius 1 is 1.08 bits per heavy atom. The molecule has 2 aliphatic rings. The quantitative estimate of drug-likeness (QED) is 0.644. The van der Waals surface area contributed by atoms with E-state index >= 15 is 0 Å². The van der Waals surface area contributed by atoms with Gasteiger partial charge in [0.1, 0.15) is 12.1 Å². The molecule has 1 spiro atoms. The van der Waals surface area contributed by atoms with Crippen LogP contribution in [0, 0.1) is 0 Å². The van der Waals surface area contributed by atoms with E-state index in [2.05, 4.69) is 42.3 Å². The van der Waals surface area contributed by atoms with Crippen LogP contribution in [0.25, 0.3) is 11.1 Å². The van der Waals surface area contributed by atoms with Crippen LogP contribution in [0.2, 0.25) is 0 Å². The van der Waals surface area contributed by atoms with Gasteiger partial charge < -0.3 is 15.8 Å². The Bertz CT molecular complexity index is 1050. The first-order valence-corrected chi connectivity index (χ1v) is 8.91. The fourth-order valence-corrected chi connectivity index (χ4v) is 3.96. The van der Waals surface area contributed by atoms with Crippen molar-refractivity contribution >= 4 is 15.9 Å². The van der Waals surface area contributed by atoms with Gasteiger partial charge >= 0.3 is 0 Å². The van der Waals surface area contributed by atoms with Crippen LogP contribution in [0.5, 0.6) is 11.6 Å². The summed E-state index contributed by atoms with van der Waals surface area (Å²) >= 11 is 3.52. The Morgan fingerprint density at radius 3 is 2.69 bits per heavy atom. The highest BCUT2D eigenvalue weighted by Gasteiger charge is 2.44. The van der Waals surface area contributed by atoms with Crippen LogP contribution < -0.4 is 15.8 Å². The lowest BCUT2D eigenvalue weighted by Crippen LogP contribution is -2.34. The summed E-state index contributed by atoms with van der Waals surface area (Å²) in [5.74, 6) is 2.03. The molecule has 0 unspecified atom stereocenters. The molecule has 1 atom stereocenters. The molecule has 4 heterocycles. The smallest absolute Gasteiger partial charge is 0.223 e. The van der Waals surface area contributed by atoms with Crippen molar-refractivity contribution in [3.8, 4) is 22.8 Å². The van der Waals surface area contributed by atoms with Gasteiger partial charge in [0.25, 0.3) is 0 Å². The maximum Gasteiger partial charge on any atom is 0.223 e. The van der Waals surface area contributed by atoms with Crippen LogP contribution in [0.1, 0.15) is 11.1 Å². The summed E-state index contributed by atoms with van der Waals surface area (Å²) in [4.78, 5) is 12.7. The molecular formula is C19H14BrN5O. The maximum atomic E-state index is 6.10. The predicted molar refractivity (Wildman–Crippen MR) is 101 cm³/mol. The lowest BCUT2D eigenvalue weighted by molar-refractivity contribution is 0.407. The van der Waals surface area contributed by atoms with Crippen LogP contribution >= 0.6 is 15.9 Å². The number of hydrogen-bond donors (Lipinski definition) is 2. The van der Waals surface area contributed by atoms with E-state index in [1.54, 1.807) is 18.6 Å². The Labute approximate surface area is 158 Å². The summed E-state index contributed by atoms with van der Waals surface area (Å²) in [6.07, 6.45) is 8.91. The summed E-state index contributed by atoms with van der Waals surface area (Å²) in [6, 6.07) is 8.13. The third kappa shape index (κ3) is 2.20. The maximum absolute atomic E-state index is 6.10. The van der Waals surface area contributed by atoms with E-state index in [0.29, 0.717) is 18.2 Å². The van der Waals surface area contributed by atoms with Gasteiger partial charge in [-0.05, 0) is 45.8 Å². The van der Waals surface area contributed by atoms with Gasteiger partial charge in [-0.2, -0.15) is 0 Å². The Morgan fingerprint density at radius 2 is 1.92 bits per heavy atom. The zero-order valence-corrected chi connectivity index (χ0v) is 15.2. The fourth-order valence-electron chi connectivity index (χ4n) is 3.63. The molecule has 1 aromatic carbocycles. The number of pyridine rings is 1. The fraction of sp³-hybridized carbons (Fsp3) is 0.105. The second-order valence-corrected chi connectivity index (χ2v) is 7.29. The number of nitrogens with two attached hydrogens (primary N) is 1. The number of halogens is 1. The third-order valence-corrected chi connectivity index (χ3v) is 5.27. The molecule has 3 N–H and O–H groups in total. The summed E-state index contributed by atoms with van der Waals surface area (Å²) in [5, 5.41) is 3.26. The highest BCUT2D eigenvalue weighted by Crippen LogP contribution is 2.50.